The highest BCUT2D eigenvalue weighted by Crippen LogP contribution is 2.62. The summed E-state index contributed by atoms with van der Waals surface area (Å²) in [7, 11) is 3.63. The maximum atomic E-state index is 14.5. The Bertz CT molecular complexity index is 1560. The maximum Gasteiger partial charge on any atom is 0.251 e. The monoisotopic (exact) mass is 460 g/mol. The zero-order chi connectivity index (χ0) is 24.4. The summed E-state index contributed by atoms with van der Waals surface area (Å²) in [5, 5.41) is 16.1. The number of likely N-dealkylation sites (N-methyl/N-ethyl adjacent to an activating group) is 1. The Kier molecular flexibility index (Phi) is 4.51. The van der Waals surface area contributed by atoms with Gasteiger partial charge in [-0.2, -0.15) is 5.26 Å². The van der Waals surface area contributed by atoms with Gasteiger partial charge in [-0.25, -0.2) is 0 Å². The third kappa shape index (κ3) is 2.56. The summed E-state index contributed by atoms with van der Waals surface area (Å²) >= 11 is 0. The van der Waals surface area contributed by atoms with Gasteiger partial charge in [0.2, 0.25) is 5.78 Å². The van der Waals surface area contributed by atoms with Crippen molar-refractivity contribution in [3.63, 3.8) is 0 Å². The van der Waals surface area contributed by atoms with E-state index in [9.17, 15) is 14.9 Å². The lowest BCUT2D eigenvalue weighted by molar-refractivity contribution is -0.128. The molecular formula is C29H24N4O2. The third-order valence-electron chi connectivity index (χ3n) is 7.90. The van der Waals surface area contributed by atoms with Gasteiger partial charge in [0.1, 0.15) is 0 Å². The van der Waals surface area contributed by atoms with E-state index in [1.54, 1.807) is 29.9 Å². The van der Waals surface area contributed by atoms with Crippen molar-refractivity contribution in [1.29, 1.82) is 5.26 Å². The van der Waals surface area contributed by atoms with Crippen LogP contribution < -0.4 is 5.32 Å². The summed E-state index contributed by atoms with van der Waals surface area (Å²) in [6, 6.07) is 27.4. The minimum atomic E-state index is -1.69. The quantitative estimate of drug-likeness (QED) is 0.458. The van der Waals surface area contributed by atoms with Crippen LogP contribution in [-0.2, 0) is 17.4 Å². The molecule has 0 aliphatic carbocycles. The number of benzene rings is 3. The van der Waals surface area contributed by atoms with Crippen LogP contribution in [0.2, 0.25) is 0 Å². The summed E-state index contributed by atoms with van der Waals surface area (Å²) in [6.45, 7) is 0.379. The Morgan fingerprint density at radius 3 is 2.49 bits per heavy atom. The number of amides is 1. The van der Waals surface area contributed by atoms with Crippen LogP contribution in [0.1, 0.15) is 27.5 Å². The lowest BCUT2D eigenvalue weighted by Crippen LogP contribution is -2.58. The fourth-order valence-electron chi connectivity index (χ4n) is 6.33. The highest BCUT2D eigenvalue weighted by atomic mass is 16.2. The number of nitrogens with zero attached hydrogens (tertiary/aromatic N) is 3. The van der Waals surface area contributed by atoms with Crippen molar-refractivity contribution >= 4 is 28.2 Å². The molecule has 2 aliphatic rings. The van der Waals surface area contributed by atoms with Crippen molar-refractivity contribution in [2.75, 3.05) is 18.9 Å². The average molecular weight is 461 g/mol. The Morgan fingerprint density at radius 2 is 1.74 bits per heavy atom. The Labute approximate surface area is 203 Å². The number of aryl methyl sites for hydroxylation is 1. The average Bonchev–Trinajstić information content (AvgIpc) is 3.52. The van der Waals surface area contributed by atoms with Gasteiger partial charge >= 0.3 is 0 Å². The number of carbonyl (C=O) groups excluding carboxylic acids is 2. The molecule has 0 saturated carbocycles. The van der Waals surface area contributed by atoms with Gasteiger partial charge in [0, 0.05) is 37.0 Å². The van der Waals surface area contributed by atoms with E-state index >= 15 is 0 Å². The molecule has 1 saturated heterocycles. The standard InChI is InChI=1S/C29H24N4O2/c1-32-15-7-12-25(32)26(34)28(18-30)23(21-14-13-19-8-3-4-9-20(19)16-21)17-33(2)29(28)22-10-5-6-11-24(22)31-27(29)35/h3-16,23H,17H2,1-2H3,(H,31,35). The Hall–Kier alpha value is -4.21. The fourth-order valence-corrected chi connectivity index (χ4v) is 6.33. The number of ketones is 1. The van der Waals surface area contributed by atoms with E-state index < -0.39 is 16.9 Å². The summed E-state index contributed by atoms with van der Waals surface area (Å²) in [4.78, 5) is 30.4. The molecule has 0 radical (unpaired) electrons. The second-order valence-corrected chi connectivity index (χ2v) is 9.50. The molecule has 1 amide bonds. The molecule has 3 unspecified atom stereocenters. The molecular weight excluding hydrogens is 436 g/mol. The number of aromatic nitrogens is 1. The number of nitriles is 1. The minimum absolute atomic E-state index is 0.339. The first-order chi connectivity index (χ1) is 16.9. The minimum Gasteiger partial charge on any atom is -0.348 e. The molecule has 1 fully saturated rings. The third-order valence-corrected chi connectivity index (χ3v) is 7.90. The molecule has 3 aromatic carbocycles. The van der Waals surface area contributed by atoms with Gasteiger partial charge in [0.15, 0.2) is 11.0 Å². The van der Waals surface area contributed by atoms with Crippen LogP contribution in [0, 0.1) is 16.7 Å². The molecule has 3 heterocycles. The molecule has 172 valence electrons. The lowest BCUT2D eigenvalue weighted by atomic mass is 9.59. The van der Waals surface area contributed by atoms with Crippen LogP contribution in [0.4, 0.5) is 5.69 Å². The van der Waals surface area contributed by atoms with Gasteiger partial charge in [-0.1, -0.05) is 60.7 Å². The first kappa shape index (κ1) is 21.3. The fraction of sp³-hybridized carbons (Fsp3) is 0.207. The molecule has 6 heteroatoms. The lowest BCUT2D eigenvalue weighted by Gasteiger charge is -2.41. The number of rotatable bonds is 3. The number of carbonyl (C=O) groups is 2. The topological polar surface area (TPSA) is 78.1 Å². The molecule has 4 aromatic rings. The number of Topliss-reactive ketones (excluding diaryl/α,β-unsaturated/α-hetero) is 1. The summed E-state index contributed by atoms with van der Waals surface area (Å²) < 4.78 is 1.73. The summed E-state index contributed by atoms with van der Waals surface area (Å²) in [6.07, 6.45) is 1.79. The molecule has 1 spiro atoms. The van der Waals surface area contributed by atoms with E-state index in [2.05, 4.69) is 17.5 Å². The van der Waals surface area contributed by atoms with Crippen LogP contribution >= 0.6 is 0 Å². The number of fused-ring (bicyclic) bond motifs is 3. The second-order valence-electron chi connectivity index (χ2n) is 9.50. The number of hydrogen-bond acceptors (Lipinski definition) is 4. The highest BCUT2D eigenvalue weighted by molar-refractivity contribution is 6.15. The normalized spacial score (nSPS) is 25.5. The van der Waals surface area contributed by atoms with Crippen LogP contribution in [0.5, 0.6) is 0 Å². The van der Waals surface area contributed by atoms with Gasteiger partial charge in [0.05, 0.1) is 11.8 Å². The SMILES string of the molecule is CN1CC(c2ccc3ccccc3c2)C(C#N)(C(=O)c2cccn2C)C12C(=O)Nc1ccccc12. The van der Waals surface area contributed by atoms with E-state index in [0.29, 0.717) is 23.5 Å². The van der Waals surface area contributed by atoms with Crippen molar-refractivity contribution in [3.8, 4) is 6.07 Å². The van der Waals surface area contributed by atoms with Crippen molar-refractivity contribution in [2.45, 2.75) is 11.5 Å². The molecule has 3 atom stereocenters. The second kappa shape index (κ2) is 7.39. The smallest absolute Gasteiger partial charge is 0.251 e. The largest absolute Gasteiger partial charge is 0.348 e. The van der Waals surface area contributed by atoms with E-state index in [4.69, 9.17) is 0 Å². The maximum absolute atomic E-state index is 14.5. The van der Waals surface area contributed by atoms with Gasteiger partial charge < -0.3 is 9.88 Å². The molecule has 1 aromatic heterocycles. The van der Waals surface area contributed by atoms with Crippen LogP contribution in [0.15, 0.2) is 85.1 Å². The predicted octanol–water partition coefficient (Wildman–Crippen LogP) is 4.45. The predicted molar refractivity (Wildman–Crippen MR) is 134 cm³/mol. The number of anilines is 1. The Balaban J connectivity index is 1.68. The summed E-state index contributed by atoms with van der Waals surface area (Å²) in [5.74, 6) is -1.21. The summed E-state index contributed by atoms with van der Waals surface area (Å²) in [5.41, 5.74) is -0.566. The van der Waals surface area contributed by atoms with Crippen molar-refractivity contribution in [3.05, 3.63) is 102 Å². The molecule has 1 N–H and O–H groups in total. The molecule has 6 nitrogen and oxygen atoms in total. The number of para-hydroxylation sites is 1. The number of hydrogen-bond donors (Lipinski definition) is 1. The van der Waals surface area contributed by atoms with E-state index in [0.717, 1.165) is 16.3 Å². The Morgan fingerprint density at radius 1 is 1.00 bits per heavy atom. The van der Waals surface area contributed by atoms with Crippen molar-refractivity contribution in [2.24, 2.45) is 12.5 Å². The molecule has 6 rings (SSSR count). The first-order valence-corrected chi connectivity index (χ1v) is 11.6. The van der Waals surface area contributed by atoms with Gasteiger partial charge in [0.25, 0.3) is 5.91 Å². The van der Waals surface area contributed by atoms with E-state index in [1.165, 1.54) is 0 Å². The number of nitrogens with one attached hydrogen (secondary N) is 1. The van der Waals surface area contributed by atoms with Crippen molar-refractivity contribution in [1.82, 2.24) is 9.47 Å². The highest BCUT2D eigenvalue weighted by Gasteiger charge is 2.74. The molecule has 2 aliphatic heterocycles. The zero-order valence-electron chi connectivity index (χ0n) is 19.5. The van der Waals surface area contributed by atoms with Crippen LogP contribution in [-0.4, -0.2) is 34.7 Å². The first-order valence-electron chi connectivity index (χ1n) is 11.6. The van der Waals surface area contributed by atoms with Crippen LogP contribution in [0.3, 0.4) is 0 Å². The van der Waals surface area contributed by atoms with E-state index in [-0.39, 0.29) is 11.7 Å². The van der Waals surface area contributed by atoms with Crippen LogP contribution in [0.25, 0.3) is 10.8 Å². The molecule has 35 heavy (non-hydrogen) atoms. The van der Waals surface area contributed by atoms with Gasteiger partial charge in [-0.05, 0) is 41.6 Å². The number of likely N-dealkylation sites (tertiary alicyclic amines) is 1. The molecule has 0 bridgehead atoms. The van der Waals surface area contributed by atoms with Crippen molar-refractivity contribution < 1.29 is 9.59 Å². The van der Waals surface area contributed by atoms with Gasteiger partial charge in [-0.15, -0.1) is 0 Å². The zero-order valence-corrected chi connectivity index (χ0v) is 19.5. The van der Waals surface area contributed by atoms with Gasteiger partial charge in [-0.3, -0.25) is 14.5 Å². The van der Waals surface area contributed by atoms with E-state index in [1.807, 2.05) is 72.6 Å².